The Balaban J connectivity index is 2.06. The van der Waals surface area contributed by atoms with Gasteiger partial charge in [0.25, 0.3) is 0 Å². The Kier molecular flexibility index (Phi) is 4.40. The van der Waals surface area contributed by atoms with E-state index in [1.165, 1.54) is 0 Å². The second-order valence-electron chi connectivity index (χ2n) is 4.71. The highest BCUT2D eigenvalue weighted by Gasteiger charge is 2.33. The highest BCUT2D eigenvalue weighted by molar-refractivity contribution is 5.95. The van der Waals surface area contributed by atoms with Gasteiger partial charge < -0.3 is 15.2 Å². The van der Waals surface area contributed by atoms with Crippen LogP contribution in [-0.2, 0) is 9.59 Å². The minimum Gasteiger partial charge on any atom is -0.497 e. The molecule has 0 fully saturated rings. The van der Waals surface area contributed by atoms with E-state index in [0.29, 0.717) is 24.3 Å². The number of aliphatic carboxylic acids is 1. The molecule has 0 bridgehead atoms. The van der Waals surface area contributed by atoms with E-state index in [-0.39, 0.29) is 5.91 Å². The summed E-state index contributed by atoms with van der Waals surface area (Å²) in [5.41, 5.74) is 0.634. The highest BCUT2D eigenvalue weighted by Crippen LogP contribution is 2.27. The number of rotatable bonds is 4. The summed E-state index contributed by atoms with van der Waals surface area (Å²) < 4.78 is 5.04. The van der Waals surface area contributed by atoms with Gasteiger partial charge in [-0.15, -0.1) is 0 Å². The lowest BCUT2D eigenvalue weighted by Gasteiger charge is -2.24. The molecule has 0 spiro atoms. The first-order chi connectivity index (χ1) is 9.61. The number of carbonyl (C=O) groups excluding carboxylic acids is 1. The van der Waals surface area contributed by atoms with Crippen LogP contribution in [0.4, 0.5) is 5.69 Å². The van der Waals surface area contributed by atoms with Crippen LogP contribution in [0.15, 0.2) is 36.4 Å². The van der Waals surface area contributed by atoms with Crippen LogP contribution in [0, 0.1) is 11.8 Å². The molecular weight excluding hydrogens is 258 g/mol. The van der Waals surface area contributed by atoms with Crippen LogP contribution in [0.5, 0.6) is 5.75 Å². The lowest BCUT2D eigenvalue weighted by Crippen LogP contribution is -2.34. The van der Waals surface area contributed by atoms with Crippen molar-refractivity contribution in [3.05, 3.63) is 36.4 Å². The molecule has 20 heavy (non-hydrogen) atoms. The van der Waals surface area contributed by atoms with E-state index in [9.17, 15) is 9.59 Å². The zero-order valence-electron chi connectivity index (χ0n) is 11.2. The molecule has 1 aromatic carbocycles. The van der Waals surface area contributed by atoms with Crippen LogP contribution in [0.1, 0.15) is 12.8 Å². The molecule has 1 aliphatic rings. The maximum absolute atomic E-state index is 12.2. The molecule has 0 saturated heterocycles. The number of anilines is 1. The number of carbonyl (C=O) groups is 2. The van der Waals surface area contributed by atoms with Crippen molar-refractivity contribution >= 4 is 17.6 Å². The molecule has 2 atom stereocenters. The van der Waals surface area contributed by atoms with Crippen molar-refractivity contribution in [1.29, 1.82) is 0 Å². The normalized spacial score (nSPS) is 21.2. The molecule has 106 valence electrons. The fourth-order valence-electron chi connectivity index (χ4n) is 2.29. The van der Waals surface area contributed by atoms with Gasteiger partial charge in [0.2, 0.25) is 5.91 Å². The summed E-state index contributed by atoms with van der Waals surface area (Å²) in [6, 6.07) is 6.94. The van der Waals surface area contributed by atoms with Crippen molar-refractivity contribution in [2.24, 2.45) is 11.8 Å². The zero-order valence-corrected chi connectivity index (χ0v) is 11.2. The van der Waals surface area contributed by atoms with Gasteiger partial charge in [0, 0.05) is 5.69 Å². The summed E-state index contributed by atoms with van der Waals surface area (Å²) in [6.45, 7) is 0. The molecular formula is C15H17NO4. The number of amides is 1. The van der Waals surface area contributed by atoms with Gasteiger partial charge in [-0.2, -0.15) is 0 Å². The molecule has 2 rings (SSSR count). The second-order valence-corrected chi connectivity index (χ2v) is 4.71. The lowest BCUT2D eigenvalue weighted by atomic mass is 9.82. The molecule has 1 amide bonds. The number of hydrogen-bond acceptors (Lipinski definition) is 3. The van der Waals surface area contributed by atoms with E-state index >= 15 is 0 Å². The van der Waals surface area contributed by atoms with Crippen LogP contribution in [0.3, 0.4) is 0 Å². The van der Waals surface area contributed by atoms with Gasteiger partial charge in [0.05, 0.1) is 18.9 Å². The van der Waals surface area contributed by atoms with Gasteiger partial charge in [-0.1, -0.05) is 12.2 Å². The number of allylic oxidation sites excluding steroid dienone is 2. The van der Waals surface area contributed by atoms with E-state index in [1.807, 2.05) is 12.2 Å². The number of benzene rings is 1. The Morgan fingerprint density at radius 1 is 1.15 bits per heavy atom. The Morgan fingerprint density at radius 3 is 2.30 bits per heavy atom. The summed E-state index contributed by atoms with van der Waals surface area (Å²) in [7, 11) is 1.57. The third kappa shape index (κ3) is 3.17. The Bertz CT molecular complexity index is 521. The SMILES string of the molecule is COc1ccc(NC(=O)[C@@H]2CC=CC[C@H]2C(=O)O)cc1. The van der Waals surface area contributed by atoms with Gasteiger partial charge in [0.15, 0.2) is 0 Å². The van der Waals surface area contributed by atoms with Crippen molar-refractivity contribution in [3.63, 3.8) is 0 Å². The van der Waals surface area contributed by atoms with E-state index in [2.05, 4.69) is 5.32 Å². The Morgan fingerprint density at radius 2 is 1.75 bits per heavy atom. The molecule has 2 N–H and O–H groups in total. The van der Waals surface area contributed by atoms with Crippen LogP contribution in [0.2, 0.25) is 0 Å². The van der Waals surface area contributed by atoms with Crippen molar-refractivity contribution < 1.29 is 19.4 Å². The Hall–Kier alpha value is -2.30. The average molecular weight is 275 g/mol. The van der Waals surface area contributed by atoms with Crippen LogP contribution in [0.25, 0.3) is 0 Å². The predicted molar refractivity (Wildman–Crippen MR) is 74.6 cm³/mol. The second kappa shape index (κ2) is 6.23. The first-order valence-corrected chi connectivity index (χ1v) is 6.44. The van der Waals surface area contributed by atoms with Crippen molar-refractivity contribution in [1.82, 2.24) is 0 Å². The topological polar surface area (TPSA) is 75.6 Å². The summed E-state index contributed by atoms with van der Waals surface area (Å²) >= 11 is 0. The number of carboxylic acids is 1. The van der Waals surface area contributed by atoms with E-state index in [4.69, 9.17) is 9.84 Å². The molecule has 0 unspecified atom stereocenters. The molecule has 0 aliphatic heterocycles. The largest absolute Gasteiger partial charge is 0.497 e. The van der Waals surface area contributed by atoms with Crippen molar-refractivity contribution in [2.75, 3.05) is 12.4 Å². The number of hydrogen-bond donors (Lipinski definition) is 2. The minimum absolute atomic E-state index is 0.257. The molecule has 1 aliphatic carbocycles. The van der Waals surface area contributed by atoms with Gasteiger partial charge in [0.1, 0.15) is 5.75 Å². The minimum atomic E-state index is -0.927. The molecule has 0 radical (unpaired) electrons. The maximum Gasteiger partial charge on any atom is 0.307 e. The number of carboxylic acid groups (broad SMARTS) is 1. The maximum atomic E-state index is 12.2. The van der Waals surface area contributed by atoms with Gasteiger partial charge >= 0.3 is 5.97 Å². The highest BCUT2D eigenvalue weighted by atomic mass is 16.5. The summed E-state index contributed by atoms with van der Waals surface area (Å²) in [5.74, 6) is -1.67. The summed E-state index contributed by atoms with van der Waals surface area (Å²) in [6.07, 6.45) is 4.53. The fraction of sp³-hybridized carbons (Fsp3) is 0.333. The number of nitrogens with one attached hydrogen (secondary N) is 1. The molecule has 0 aromatic heterocycles. The molecule has 1 aromatic rings. The fourth-order valence-corrected chi connectivity index (χ4v) is 2.29. The van der Waals surface area contributed by atoms with Gasteiger partial charge in [-0.25, -0.2) is 0 Å². The number of methoxy groups -OCH3 is 1. The van der Waals surface area contributed by atoms with Crippen molar-refractivity contribution in [2.45, 2.75) is 12.8 Å². The molecule has 5 heteroatoms. The zero-order chi connectivity index (χ0) is 14.5. The molecule has 0 heterocycles. The Labute approximate surface area is 117 Å². The van der Waals surface area contributed by atoms with Gasteiger partial charge in [-0.05, 0) is 37.1 Å². The summed E-state index contributed by atoms with van der Waals surface area (Å²) in [5, 5.41) is 11.9. The lowest BCUT2D eigenvalue weighted by molar-refractivity contribution is -0.146. The molecule has 0 saturated carbocycles. The smallest absolute Gasteiger partial charge is 0.307 e. The van der Waals surface area contributed by atoms with Gasteiger partial charge in [-0.3, -0.25) is 9.59 Å². The average Bonchev–Trinajstić information content (AvgIpc) is 2.48. The van der Waals surface area contributed by atoms with Crippen LogP contribution in [-0.4, -0.2) is 24.1 Å². The van der Waals surface area contributed by atoms with E-state index in [0.717, 1.165) is 0 Å². The van der Waals surface area contributed by atoms with Crippen molar-refractivity contribution in [3.8, 4) is 5.75 Å². The number of ether oxygens (including phenoxy) is 1. The third-order valence-corrected chi connectivity index (χ3v) is 3.44. The first kappa shape index (κ1) is 14.1. The monoisotopic (exact) mass is 275 g/mol. The quantitative estimate of drug-likeness (QED) is 0.827. The standard InChI is InChI=1S/C15H17NO4/c1-20-11-8-6-10(7-9-11)16-14(17)12-4-2-3-5-13(12)15(18)19/h2-3,6-9,12-13H,4-5H2,1H3,(H,16,17)(H,18,19)/t12-,13-/m1/s1. The van der Waals surface area contributed by atoms with E-state index in [1.54, 1.807) is 31.4 Å². The summed E-state index contributed by atoms with van der Waals surface area (Å²) in [4.78, 5) is 23.4. The van der Waals surface area contributed by atoms with E-state index < -0.39 is 17.8 Å². The van der Waals surface area contributed by atoms with Crippen LogP contribution >= 0.6 is 0 Å². The third-order valence-electron chi connectivity index (χ3n) is 3.44. The molecule has 5 nitrogen and oxygen atoms in total. The van der Waals surface area contributed by atoms with Crippen LogP contribution < -0.4 is 10.1 Å². The predicted octanol–water partition coefficient (Wildman–Crippen LogP) is 2.30. The first-order valence-electron chi connectivity index (χ1n) is 6.44.